The van der Waals surface area contributed by atoms with Crippen LogP contribution in [0.2, 0.25) is 0 Å². The zero-order valence-electron chi connectivity index (χ0n) is 22.6. The smallest absolute Gasteiger partial charge is 0.145 e. The van der Waals surface area contributed by atoms with Gasteiger partial charge in [0.15, 0.2) is 0 Å². The Labute approximate surface area is 231 Å². The van der Waals surface area contributed by atoms with E-state index in [1.807, 2.05) is 60.7 Å². The largest absolute Gasteiger partial charge is 0.456 e. The molecule has 1 fully saturated rings. The third-order valence-electron chi connectivity index (χ3n) is 7.66. The molecule has 0 radical (unpaired) electrons. The van der Waals surface area contributed by atoms with E-state index in [1.165, 1.54) is 17.5 Å². The fourth-order valence-corrected chi connectivity index (χ4v) is 6.41. The number of ether oxygens (including phenoxy) is 2. The van der Waals surface area contributed by atoms with Crippen molar-refractivity contribution in [1.82, 2.24) is 0 Å². The molecule has 39 heavy (non-hydrogen) atoms. The normalized spacial score (nSPS) is 17.4. The molecule has 194 valence electrons. The van der Waals surface area contributed by atoms with Gasteiger partial charge < -0.3 is 9.47 Å². The molecule has 0 N–H and O–H groups in total. The van der Waals surface area contributed by atoms with Crippen molar-refractivity contribution in [3.8, 4) is 35.1 Å². The summed E-state index contributed by atoms with van der Waals surface area (Å²) in [6.45, 7) is 7.08. The first-order chi connectivity index (χ1) is 18.8. The number of para-hydroxylation sites is 2. The molecule has 1 atom stereocenters. The van der Waals surface area contributed by atoms with Crippen LogP contribution in [-0.4, -0.2) is 0 Å². The molecular weight excluding hydrogens is 480 g/mol. The molecule has 0 aromatic heterocycles. The van der Waals surface area contributed by atoms with Crippen LogP contribution in [0.15, 0.2) is 97.1 Å². The first kappa shape index (κ1) is 26.1. The quantitative estimate of drug-likeness (QED) is 0.258. The third kappa shape index (κ3) is 5.52. The van der Waals surface area contributed by atoms with Crippen molar-refractivity contribution >= 4 is 0 Å². The van der Waals surface area contributed by atoms with Crippen molar-refractivity contribution in [2.75, 3.05) is 0 Å². The van der Waals surface area contributed by atoms with Crippen LogP contribution < -0.4 is 9.47 Å². The van der Waals surface area contributed by atoms with Crippen molar-refractivity contribution in [3.63, 3.8) is 0 Å². The molecule has 1 saturated carbocycles. The maximum atomic E-state index is 9.42. The molecule has 0 heterocycles. The average molecular weight is 513 g/mol. The number of nitrogens with zero attached hydrogens (tertiary/aromatic N) is 2. The first-order valence-electron chi connectivity index (χ1n) is 13.4. The van der Waals surface area contributed by atoms with Gasteiger partial charge in [-0.25, -0.2) is 0 Å². The highest BCUT2D eigenvalue weighted by Gasteiger charge is 2.45. The molecule has 4 aromatic carbocycles. The molecule has 0 amide bonds. The Bertz CT molecular complexity index is 1440. The van der Waals surface area contributed by atoms with Crippen molar-refractivity contribution in [2.24, 2.45) is 11.3 Å². The summed E-state index contributed by atoms with van der Waals surface area (Å²) in [5.74, 6) is 3.09. The molecule has 5 rings (SSSR count). The summed E-state index contributed by atoms with van der Waals surface area (Å²) in [4.78, 5) is 0. The van der Waals surface area contributed by atoms with Crippen LogP contribution >= 0.6 is 0 Å². The molecule has 1 aliphatic carbocycles. The fourth-order valence-electron chi connectivity index (χ4n) is 6.41. The highest BCUT2D eigenvalue weighted by molar-refractivity contribution is 5.49. The first-order valence-corrected chi connectivity index (χ1v) is 13.4. The Morgan fingerprint density at radius 1 is 0.641 bits per heavy atom. The monoisotopic (exact) mass is 512 g/mol. The molecule has 0 bridgehead atoms. The molecule has 4 heteroatoms. The zero-order chi connectivity index (χ0) is 27.5. The fraction of sp³-hybridized carbons (Fsp3) is 0.257. The Kier molecular flexibility index (Phi) is 7.14. The Balaban J connectivity index is 1.48. The summed E-state index contributed by atoms with van der Waals surface area (Å²) in [6.07, 6.45) is 3.26. The van der Waals surface area contributed by atoms with Gasteiger partial charge in [-0.3, -0.25) is 0 Å². The number of benzene rings is 4. The van der Waals surface area contributed by atoms with Crippen LogP contribution in [0.1, 0.15) is 62.3 Å². The van der Waals surface area contributed by atoms with E-state index < -0.39 is 0 Å². The van der Waals surface area contributed by atoms with Crippen molar-refractivity contribution in [3.05, 3.63) is 119 Å². The van der Waals surface area contributed by atoms with E-state index in [0.29, 0.717) is 40.0 Å². The summed E-state index contributed by atoms with van der Waals surface area (Å²) in [6, 6.07) is 35.7. The average Bonchev–Trinajstić information content (AvgIpc) is 2.93. The molecule has 1 unspecified atom stereocenters. The summed E-state index contributed by atoms with van der Waals surface area (Å²) >= 11 is 0. The predicted molar refractivity (Wildman–Crippen MR) is 153 cm³/mol. The molecule has 4 nitrogen and oxygen atoms in total. The Morgan fingerprint density at radius 2 is 1.08 bits per heavy atom. The maximum Gasteiger partial charge on any atom is 0.145 e. The third-order valence-corrected chi connectivity index (χ3v) is 7.66. The van der Waals surface area contributed by atoms with Gasteiger partial charge in [0.05, 0.1) is 11.1 Å². The van der Waals surface area contributed by atoms with Gasteiger partial charge in [-0.05, 0) is 90.3 Å². The highest BCUT2D eigenvalue weighted by Crippen LogP contribution is 2.54. The van der Waals surface area contributed by atoms with E-state index in [2.05, 4.69) is 57.2 Å². The van der Waals surface area contributed by atoms with E-state index in [9.17, 15) is 10.5 Å². The van der Waals surface area contributed by atoms with E-state index >= 15 is 0 Å². The van der Waals surface area contributed by atoms with E-state index in [1.54, 1.807) is 12.1 Å². The molecule has 4 aromatic rings. The van der Waals surface area contributed by atoms with E-state index in [0.717, 1.165) is 12.8 Å². The van der Waals surface area contributed by atoms with Gasteiger partial charge in [0, 0.05) is 5.41 Å². The lowest BCUT2D eigenvalue weighted by molar-refractivity contribution is 0.127. The second-order valence-corrected chi connectivity index (χ2v) is 11.4. The van der Waals surface area contributed by atoms with Gasteiger partial charge >= 0.3 is 0 Å². The minimum Gasteiger partial charge on any atom is -0.456 e. The minimum absolute atomic E-state index is 0.159. The molecule has 0 spiro atoms. The van der Waals surface area contributed by atoms with Crippen LogP contribution in [0.5, 0.6) is 23.0 Å². The Hall–Kier alpha value is -4.54. The van der Waals surface area contributed by atoms with Gasteiger partial charge in [0.1, 0.15) is 35.1 Å². The summed E-state index contributed by atoms with van der Waals surface area (Å²) in [5, 5.41) is 18.8. The Morgan fingerprint density at radius 3 is 1.49 bits per heavy atom. The van der Waals surface area contributed by atoms with Crippen LogP contribution in [0.4, 0.5) is 0 Å². The summed E-state index contributed by atoms with van der Waals surface area (Å²) in [7, 11) is 0. The van der Waals surface area contributed by atoms with Crippen LogP contribution in [0, 0.1) is 34.0 Å². The predicted octanol–water partition coefficient (Wildman–Crippen LogP) is 9.15. The summed E-state index contributed by atoms with van der Waals surface area (Å²) < 4.78 is 12.1. The lowest BCUT2D eigenvalue weighted by Gasteiger charge is -2.48. The second kappa shape index (κ2) is 10.7. The SMILES string of the molecule is CC1CC(C)(C)CC(c2ccc(Oc3ccccc3C#N)cc2)(c2ccc(Oc3ccccc3C#N)cc2)C1. The van der Waals surface area contributed by atoms with Gasteiger partial charge in [-0.1, -0.05) is 69.3 Å². The van der Waals surface area contributed by atoms with Crippen molar-refractivity contribution in [2.45, 2.75) is 45.4 Å². The highest BCUT2D eigenvalue weighted by atomic mass is 16.5. The second-order valence-electron chi connectivity index (χ2n) is 11.4. The van der Waals surface area contributed by atoms with Gasteiger partial charge in [0.2, 0.25) is 0 Å². The standard InChI is InChI=1S/C35H32N2O2/c1-25-20-34(2,3)24-35(21-25,28-12-16-30(17-13-28)38-32-10-6-4-8-26(32)22-36)29-14-18-31(19-15-29)39-33-11-7-5-9-27(33)23-37/h4-19,25H,20-21,24H2,1-3H3. The maximum absolute atomic E-state index is 9.42. The number of nitriles is 2. The summed E-state index contributed by atoms with van der Waals surface area (Å²) in [5.41, 5.74) is 3.56. The van der Waals surface area contributed by atoms with Crippen molar-refractivity contribution < 1.29 is 9.47 Å². The van der Waals surface area contributed by atoms with E-state index in [4.69, 9.17) is 9.47 Å². The molecule has 0 aliphatic heterocycles. The molecule has 1 aliphatic rings. The van der Waals surface area contributed by atoms with Crippen LogP contribution in [-0.2, 0) is 5.41 Å². The zero-order valence-corrected chi connectivity index (χ0v) is 22.6. The minimum atomic E-state index is -0.159. The number of rotatable bonds is 6. The van der Waals surface area contributed by atoms with Gasteiger partial charge in [-0.15, -0.1) is 0 Å². The molecule has 0 saturated heterocycles. The number of hydrogen-bond acceptors (Lipinski definition) is 4. The van der Waals surface area contributed by atoms with E-state index in [-0.39, 0.29) is 10.8 Å². The lowest BCUT2D eigenvalue weighted by atomic mass is 9.55. The number of hydrogen-bond donors (Lipinski definition) is 0. The van der Waals surface area contributed by atoms with Crippen molar-refractivity contribution in [1.29, 1.82) is 10.5 Å². The van der Waals surface area contributed by atoms with Crippen LogP contribution in [0.25, 0.3) is 0 Å². The van der Waals surface area contributed by atoms with Gasteiger partial charge in [-0.2, -0.15) is 10.5 Å². The molecular formula is C35H32N2O2. The van der Waals surface area contributed by atoms with Gasteiger partial charge in [0.25, 0.3) is 0 Å². The lowest BCUT2D eigenvalue weighted by Crippen LogP contribution is -2.41. The topological polar surface area (TPSA) is 66.0 Å². The van der Waals surface area contributed by atoms with Crippen LogP contribution in [0.3, 0.4) is 0 Å².